The molecule has 1 nitrogen and oxygen atoms in total. The summed E-state index contributed by atoms with van der Waals surface area (Å²) in [6.45, 7) is 0.665. The Kier molecular flexibility index (Phi) is 2.13. The largest absolute Gasteiger partial charge is 0.326 e. The second kappa shape index (κ2) is 3.28. The van der Waals surface area contributed by atoms with Crippen LogP contribution in [0.25, 0.3) is 0 Å². The molecule has 0 radical (unpaired) electrons. The van der Waals surface area contributed by atoms with E-state index in [0.717, 1.165) is 5.92 Å². The van der Waals surface area contributed by atoms with Gasteiger partial charge < -0.3 is 5.73 Å². The Hall–Kier alpha value is -0.820. The molecule has 0 bridgehead atoms. The summed E-state index contributed by atoms with van der Waals surface area (Å²) in [6.07, 6.45) is 4.10. The van der Waals surface area contributed by atoms with Crippen molar-refractivity contribution < 1.29 is 0 Å². The molecule has 0 unspecified atom stereocenters. The van der Waals surface area contributed by atoms with Gasteiger partial charge in [0.25, 0.3) is 0 Å². The summed E-state index contributed by atoms with van der Waals surface area (Å²) < 4.78 is 0. The van der Waals surface area contributed by atoms with Gasteiger partial charge in [0.05, 0.1) is 0 Å². The van der Waals surface area contributed by atoms with Crippen molar-refractivity contribution >= 4 is 0 Å². The zero-order chi connectivity index (χ0) is 8.39. The molecule has 1 saturated carbocycles. The van der Waals surface area contributed by atoms with Gasteiger partial charge in [-0.25, -0.2) is 0 Å². The highest BCUT2D eigenvalue weighted by atomic mass is 14.5. The average molecular weight is 161 g/mol. The molecule has 1 aliphatic carbocycles. The molecule has 2 rings (SSSR count). The van der Waals surface area contributed by atoms with Crippen LogP contribution in [0.15, 0.2) is 24.3 Å². The molecule has 12 heavy (non-hydrogen) atoms. The van der Waals surface area contributed by atoms with Crippen LogP contribution in [0.5, 0.6) is 0 Å². The van der Waals surface area contributed by atoms with E-state index in [2.05, 4.69) is 24.3 Å². The van der Waals surface area contributed by atoms with E-state index in [-0.39, 0.29) is 0 Å². The number of benzene rings is 1. The van der Waals surface area contributed by atoms with Crippen LogP contribution in [0.1, 0.15) is 24.0 Å². The Labute approximate surface area is 73.6 Å². The summed E-state index contributed by atoms with van der Waals surface area (Å²) in [7, 11) is 0. The first-order valence-corrected chi connectivity index (χ1v) is 4.66. The Bertz CT molecular complexity index is 263. The van der Waals surface area contributed by atoms with Crippen molar-refractivity contribution in [3.8, 4) is 0 Å². The summed E-state index contributed by atoms with van der Waals surface area (Å²) in [5.41, 5.74) is 8.28. The molecular weight excluding hydrogens is 146 g/mol. The molecule has 0 spiro atoms. The van der Waals surface area contributed by atoms with Crippen molar-refractivity contribution in [2.45, 2.75) is 25.8 Å². The van der Waals surface area contributed by atoms with Crippen LogP contribution >= 0.6 is 0 Å². The third-order valence-corrected chi connectivity index (χ3v) is 2.45. The topological polar surface area (TPSA) is 26.0 Å². The molecule has 0 amide bonds. The molecule has 64 valence electrons. The fraction of sp³-hybridized carbons (Fsp3) is 0.455. The minimum absolute atomic E-state index is 0.665. The van der Waals surface area contributed by atoms with Gasteiger partial charge in [0.2, 0.25) is 0 Å². The van der Waals surface area contributed by atoms with Gasteiger partial charge >= 0.3 is 0 Å². The van der Waals surface area contributed by atoms with Gasteiger partial charge in [-0.05, 0) is 36.3 Å². The van der Waals surface area contributed by atoms with Gasteiger partial charge in [-0.3, -0.25) is 0 Å². The van der Waals surface area contributed by atoms with Gasteiger partial charge in [0.1, 0.15) is 0 Å². The Morgan fingerprint density at radius 3 is 2.67 bits per heavy atom. The smallest absolute Gasteiger partial charge is 0.0178 e. The van der Waals surface area contributed by atoms with E-state index in [0.29, 0.717) is 6.54 Å². The maximum atomic E-state index is 5.57. The summed E-state index contributed by atoms with van der Waals surface area (Å²) in [6, 6.07) is 8.64. The predicted octanol–water partition coefficient (Wildman–Crippen LogP) is 2.10. The van der Waals surface area contributed by atoms with E-state index >= 15 is 0 Å². The Morgan fingerprint density at radius 2 is 2.00 bits per heavy atom. The van der Waals surface area contributed by atoms with Crippen molar-refractivity contribution in [1.82, 2.24) is 0 Å². The summed E-state index contributed by atoms with van der Waals surface area (Å²) in [4.78, 5) is 0. The fourth-order valence-corrected chi connectivity index (χ4v) is 1.54. The highest BCUT2D eigenvalue weighted by Crippen LogP contribution is 2.32. The van der Waals surface area contributed by atoms with Crippen molar-refractivity contribution in [2.24, 2.45) is 11.7 Å². The maximum absolute atomic E-state index is 5.57. The zero-order valence-corrected chi connectivity index (χ0v) is 7.29. The quantitative estimate of drug-likeness (QED) is 0.721. The van der Waals surface area contributed by atoms with E-state index < -0.39 is 0 Å². The van der Waals surface area contributed by atoms with Crippen LogP contribution < -0.4 is 5.73 Å². The van der Waals surface area contributed by atoms with E-state index in [1.807, 2.05) is 0 Å². The van der Waals surface area contributed by atoms with Crippen molar-refractivity contribution in [1.29, 1.82) is 0 Å². The van der Waals surface area contributed by atoms with Gasteiger partial charge in [0.15, 0.2) is 0 Å². The van der Waals surface area contributed by atoms with Crippen LogP contribution in [-0.2, 0) is 13.0 Å². The Balaban J connectivity index is 2.08. The van der Waals surface area contributed by atoms with Crippen LogP contribution in [-0.4, -0.2) is 0 Å². The average Bonchev–Trinajstić information content (AvgIpc) is 2.89. The molecular formula is C11H15N. The minimum Gasteiger partial charge on any atom is -0.326 e. The molecule has 0 saturated heterocycles. The monoisotopic (exact) mass is 161 g/mol. The van der Waals surface area contributed by atoms with Gasteiger partial charge in [-0.15, -0.1) is 0 Å². The van der Waals surface area contributed by atoms with E-state index in [1.54, 1.807) is 0 Å². The molecule has 0 atom stereocenters. The van der Waals surface area contributed by atoms with Crippen molar-refractivity contribution in [2.75, 3.05) is 0 Å². The third kappa shape index (κ3) is 1.86. The lowest BCUT2D eigenvalue weighted by Gasteiger charge is -2.01. The number of hydrogen-bond acceptors (Lipinski definition) is 1. The summed E-state index contributed by atoms with van der Waals surface area (Å²) in [5.74, 6) is 0.970. The van der Waals surface area contributed by atoms with Crippen molar-refractivity contribution in [3.05, 3.63) is 35.4 Å². The third-order valence-electron chi connectivity index (χ3n) is 2.45. The first kappa shape index (κ1) is 7.81. The zero-order valence-electron chi connectivity index (χ0n) is 7.29. The normalized spacial score (nSPS) is 16.4. The number of hydrogen-bond donors (Lipinski definition) is 1. The predicted molar refractivity (Wildman–Crippen MR) is 50.8 cm³/mol. The molecule has 1 fully saturated rings. The standard InChI is InChI=1S/C11H15N/c12-8-11-3-1-2-10(7-11)6-9-4-5-9/h1-3,7,9H,4-6,8,12H2. The summed E-state index contributed by atoms with van der Waals surface area (Å²) >= 11 is 0. The molecule has 1 aromatic carbocycles. The van der Waals surface area contributed by atoms with Crippen LogP contribution in [0, 0.1) is 5.92 Å². The molecule has 1 aliphatic rings. The summed E-state index contributed by atoms with van der Waals surface area (Å²) in [5, 5.41) is 0. The lowest BCUT2D eigenvalue weighted by Crippen LogP contribution is -1.97. The first-order chi connectivity index (χ1) is 5.88. The lowest BCUT2D eigenvalue weighted by molar-refractivity contribution is 0.829. The van der Waals surface area contributed by atoms with E-state index in [9.17, 15) is 0 Å². The first-order valence-electron chi connectivity index (χ1n) is 4.66. The molecule has 0 heterocycles. The van der Waals surface area contributed by atoms with Crippen LogP contribution in [0.4, 0.5) is 0 Å². The second-order valence-corrected chi connectivity index (χ2v) is 3.67. The lowest BCUT2D eigenvalue weighted by atomic mass is 10.1. The highest BCUT2D eigenvalue weighted by Gasteiger charge is 2.21. The van der Waals surface area contributed by atoms with Gasteiger partial charge in [-0.1, -0.05) is 24.3 Å². The number of nitrogens with two attached hydrogens (primary N) is 1. The molecule has 1 heteroatoms. The SMILES string of the molecule is NCc1cccc(CC2CC2)c1. The fourth-order valence-electron chi connectivity index (χ4n) is 1.54. The van der Waals surface area contributed by atoms with E-state index in [1.165, 1.54) is 30.4 Å². The number of rotatable bonds is 3. The van der Waals surface area contributed by atoms with Crippen molar-refractivity contribution in [3.63, 3.8) is 0 Å². The van der Waals surface area contributed by atoms with Gasteiger partial charge in [0, 0.05) is 6.54 Å². The van der Waals surface area contributed by atoms with Crippen LogP contribution in [0.2, 0.25) is 0 Å². The molecule has 0 aliphatic heterocycles. The molecule has 0 aromatic heterocycles. The van der Waals surface area contributed by atoms with Crippen LogP contribution in [0.3, 0.4) is 0 Å². The Morgan fingerprint density at radius 1 is 1.25 bits per heavy atom. The van der Waals surface area contributed by atoms with Gasteiger partial charge in [-0.2, -0.15) is 0 Å². The highest BCUT2D eigenvalue weighted by molar-refractivity contribution is 5.24. The van der Waals surface area contributed by atoms with E-state index in [4.69, 9.17) is 5.73 Å². The second-order valence-electron chi connectivity index (χ2n) is 3.67. The molecule has 2 N–H and O–H groups in total. The maximum Gasteiger partial charge on any atom is 0.0178 e. The minimum atomic E-state index is 0.665. The molecule has 1 aromatic rings.